The van der Waals surface area contributed by atoms with Crippen molar-refractivity contribution in [2.24, 2.45) is 0 Å². The van der Waals surface area contributed by atoms with Crippen molar-refractivity contribution in [2.45, 2.75) is 142 Å². The molecule has 3 aromatic rings. The molecule has 0 radical (unpaired) electrons. The van der Waals surface area contributed by atoms with Crippen molar-refractivity contribution < 1.29 is 23.5 Å². The van der Waals surface area contributed by atoms with Gasteiger partial charge in [-0.25, -0.2) is 4.79 Å². The molecule has 46 heavy (non-hydrogen) atoms. The fourth-order valence-corrected chi connectivity index (χ4v) is 5.55. The molecule has 0 fully saturated rings. The highest BCUT2D eigenvalue weighted by Crippen LogP contribution is 2.25. The molecule has 6 nitrogen and oxygen atoms in total. The van der Waals surface area contributed by atoms with Gasteiger partial charge in [0.2, 0.25) is 0 Å². The van der Waals surface area contributed by atoms with Crippen molar-refractivity contribution >= 4 is 5.97 Å². The Morgan fingerprint density at radius 3 is 1.39 bits per heavy atom. The van der Waals surface area contributed by atoms with E-state index >= 15 is 0 Å². The Hall–Kier alpha value is -3.28. The number of benzene rings is 2. The standard InChI is InChI=1S/C40H59NO5/c1-3-5-7-9-11-13-14-15-16-18-20-22-32-44-36-27-29-37(30-28-36)45-40(42)38-33-39(46-41-38)34-23-25-35(26-24-34)43-31-21-19-17-12-10-8-6-4-2/h23-30,33H,3-22,31-32H2,1-2H3. The molecule has 0 aliphatic heterocycles. The second-order valence-corrected chi connectivity index (χ2v) is 12.5. The Labute approximate surface area is 278 Å². The Balaban J connectivity index is 1.26. The van der Waals surface area contributed by atoms with Crippen LogP contribution in [0.2, 0.25) is 0 Å². The van der Waals surface area contributed by atoms with Crippen LogP contribution in [-0.2, 0) is 0 Å². The number of unbranched alkanes of at least 4 members (excludes halogenated alkanes) is 18. The summed E-state index contributed by atoms with van der Waals surface area (Å²) in [6.07, 6.45) is 26.1. The molecule has 0 spiro atoms. The number of hydrogen-bond donors (Lipinski definition) is 0. The fraction of sp³-hybridized carbons (Fsp3) is 0.600. The van der Waals surface area contributed by atoms with Crippen LogP contribution in [0.4, 0.5) is 0 Å². The number of hydrogen-bond acceptors (Lipinski definition) is 6. The largest absolute Gasteiger partial charge is 0.494 e. The smallest absolute Gasteiger partial charge is 0.365 e. The van der Waals surface area contributed by atoms with Gasteiger partial charge in [-0.2, -0.15) is 0 Å². The van der Waals surface area contributed by atoms with E-state index in [1.54, 1.807) is 18.2 Å². The Bertz CT molecular complexity index is 1170. The normalized spacial score (nSPS) is 11.1. The predicted octanol–water partition coefficient (Wildman–Crippen LogP) is 12.2. The third kappa shape index (κ3) is 15.8. The van der Waals surface area contributed by atoms with Gasteiger partial charge in [-0.05, 0) is 61.4 Å². The lowest BCUT2D eigenvalue weighted by Crippen LogP contribution is -2.08. The van der Waals surface area contributed by atoms with Crippen molar-refractivity contribution in [1.82, 2.24) is 5.16 Å². The van der Waals surface area contributed by atoms with Gasteiger partial charge in [-0.1, -0.05) is 135 Å². The minimum absolute atomic E-state index is 0.123. The van der Waals surface area contributed by atoms with Crippen molar-refractivity contribution in [1.29, 1.82) is 0 Å². The molecule has 0 unspecified atom stereocenters. The van der Waals surface area contributed by atoms with Gasteiger partial charge in [-0.3, -0.25) is 0 Å². The monoisotopic (exact) mass is 633 g/mol. The van der Waals surface area contributed by atoms with Crippen LogP contribution in [0.1, 0.15) is 153 Å². The summed E-state index contributed by atoms with van der Waals surface area (Å²) in [7, 11) is 0. The molecule has 2 aromatic carbocycles. The maximum absolute atomic E-state index is 12.7. The lowest BCUT2D eigenvalue weighted by atomic mass is 10.1. The first kappa shape index (κ1) is 37.2. The van der Waals surface area contributed by atoms with E-state index in [-0.39, 0.29) is 5.69 Å². The number of aromatic nitrogens is 1. The molecule has 0 saturated carbocycles. The summed E-state index contributed by atoms with van der Waals surface area (Å²) in [6.45, 7) is 5.94. The van der Waals surface area contributed by atoms with E-state index in [9.17, 15) is 4.79 Å². The number of nitrogens with zero attached hydrogens (tertiary/aromatic N) is 1. The Morgan fingerprint density at radius 1 is 0.543 bits per heavy atom. The molecule has 0 N–H and O–H groups in total. The van der Waals surface area contributed by atoms with Crippen LogP contribution in [0.5, 0.6) is 17.2 Å². The van der Waals surface area contributed by atoms with Gasteiger partial charge < -0.3 is 18.7 Å². The molecule has 0 aliphatic carbocycles. The summed E-state index contributed by atoms with van der Waals surface area (Å²) in [4.78, 5) is 12.7. The molecule has 0 bridgehead atoms. The van der Waals surface area contributed by atoms with E-state index < -0.39 is 5.97 Å². The van der Waals surface area contributed by atoms with Gasteiger partial charge in [0.15, 0.2) is 11.5 Å². The van der Waals surface area contributed by atoms with Gasteiger partial charge >= 0.3 is 5.97 Å². The summed E-state index contributed by atoms with van der Waals surface area (Å²) >= 11 is 0. The van der Waals surface area contributed by atoms with Crippen molar-refractivity contribution in [2.75, 3.05) is 13.2 Å². The maximum atomic E-state index is 12.7. The number of rotatable bonds is 27. The average Bonchev–Trinajstić information content (AvgIpc) is 3.58. The zero-order chi connectivity index (χ0) is 32.5. The topological polar surface area (TPSA) is 70.8 Å². The molecule has 3 rings (SSSR count). The number of esters is 1. The lowest BCUT2D eigenvalue weighted by molar-refractivity contribution is 0.0724. The molecule has 1 aromatic heterocycles. The predicted molar refractivity (Wildman–Crippen MR) is 188 cm³/mol. The number of carbonyl (C=O) groups excluding carboxylic acids is 1. The van der Waals surface area contributed by atoms with Gasteiger partial charge in [0.1, 0.15) is 17.2 Å². The Kier molecular flexibility index (Phi) is 19.4. The third-order valence-electron chi connectivity index (χ3n) is 8.43. The van der Waals surface area contributed by atoms with Gasteiger partial charge in [0.25, 0.3) is 0 Å². The molecule has 6 heteroatoms. The van der Waals surface area contributed by atoms with Crippen molar-refractivity contribution in [3.8, 4) is 28.6 Å². The lowest BCUT2D eigenvalue weighted by Gasteiger charge is -2.07. The van der Waals surface area contributed by atoms with E-state index in [1.165, 1.54) is 116 Å². The van der Waals surface area contributed by atoms with Gasteiger partial charge in [0.05, 0.1) is 13.2 Å². The van der Waals surface area contributed by atoms with E-state index in [1.807, 2.05) is 36.4 Å². The van der Waals surface area contributed by atoms with Crippen molar-refractivity contribution in [3.63, 3.8) is 0 Å². The molecule has 1 heterocycles. The SMILES string of the molecule is CCCCCCCCCCCCCCOc1ccc(OC(=O)c2cc(-c3ccc(OCCCCCCCCCC)cc3)on2)cc1. The van der Waals surface area contributed by atoms with Crippen LogP contribution in [0, 0.1) is 0 Å². The average molecular weight is 634 g/mol. The molecule has 0 saturated heterocycles. The molecular formula is C40H59NO5. The van der Waals surface area contributed by atoms with Crippen LogP contribution < -0.4 is 14.2 Å². The van der Waals surface area contributed by atoms with Gasteiger partial charge in [-0.15, -0.1) is 0 Å². The zero-order valence-corrected chi connectivity index (χ0v) is 28.7. The highest BCUT2D eigenvalue weighted by atomic mass is 16.5. The first-order chi connectivity index (χ1) is 22.7. The van der Waals surface area contributed by atoms with Crippen LogP contribution in [0.25, 0.3) is 11.3 Å². The quantitative estimate of drug-likeness (QED) is 0.0472. The zero-order valence-electron chi connectivity index (χ0n) is 28.7. The van der Waals surface area contributed by atoms with E-state index in [0.717, 1.165) is 36.5 Å². The van der Waals surface area contributed by atoms with Crippen LogP contribution in [-0.4, -0.2) is 24.3 Å². The number of ether oxygens (including phenoxy) is 3. The first-order valence-electron chi connectivity index (χ1n) is 18.3. The highest BCUT2D eigenvalue weighted by molar-refractivity contribution is 5.90. The summed E-state index contributed by atoms with van der Waals surface area (Å²) < 4.78 is 22.7. The van der Waals surface area contributed by atoms with Crippen molar-refractivity contribution in [3.05, 3.63) is 60.3 Å². The molecular weight excluding hydrogens is 574 g/mol. The third-order valence-corrected chi connectivity index (χ3v) is 8.43. The number of carbonyl (C=O) groups is 1. The first-order valence-corrected chi connectivity index (χ1v) is 18.3. The Morgan fingerprint density at radius 2 is 0.935 bits per heavy atom. The van der Waals surface area contributed by atoms with Crippen LogP contribution in [0.15, 0.2) is 59.1 Å². The molecule has 254 valence electrons. The summed E-state index contributed by atoms with van der Waals surface area (Å²) in [5.74, 6) is 1.98. The summed E-state index contributed by atoms with van der Waals surface area (Å²) in [6, 6.07) is 16.4. The molecule has 0 aliphatic rings. The van der Waals surface area contributed by atoms with Crippen LogP contribution in [0.3, 0.4) is 0 Å². The summed E-state index contributed by atoms with van der Waals surface area (Å²) in [5.41, 5.74) is 0.943. The minimum Gasteiger partial charge on any atom is -0.494 e. The summed E-state index contributed by atoms with van der Waals surface area (Å²) in [5, 5.41) is 3.92. The fourth-order valence-electron chi connectivity index (χ4n) is 5.55. The maximum Gasteiger partial charge on any atom is 0.365 e. The second kappa shape index (κ2) is 24.0. The van der Waals surface area contributed by atoms with Gasteiger partial charge in [0, 0.05) is 11.6 Å². The molecule has 0 atom stereocenters. The van der Waals surface area contributed by atoms with Crippen LogP contribution >= 0.6 is 0 Å². The highest BCUT2D eigenvalue weighted by Gasteiger charge is 2.16. The molecule has 0 amide bonds. The van der Waals surface area contributed by atoms with E-state index in [4.69, 9.17) is 18.7 Å². The second-order valence-electron chi connectivity index (χ2n) is 12.5. The minimum atomic E-state index is -0.564. The van der Waals surface area contributed by atoms with E-state index in [2.05, 4.69) is 19.0 Å². The van der Waals surface area contributed by atoms with E-state index in [0.29, 0.717) is 18.1 Å².